The largest absolute Gasteiger partial charge is 0.382 e. The summed E-state index contributed by atoms with van der Waals surface area (Å²) in [6.07, 6.45) is 2.70. The minimum Gasteiger partial charge on any atom is -0.382 e. The predicted molar refractivity (Wildman–Crippen MR) is 53.5 cm³/mol. The fourth-order valence-electron chi connectivity index (χ4n) is 1.30. The van der Waals surface area contributed by atoms with Crippen LogP contribution in [0.15, 0.2) is 11.6 Å². The molecule has 0 bridgehead atoms. The molecule has 68 valence electrons. The van der Waals surface area contributed by atoms with Crippen LogP contribution in [0.4, 0.5) is 5.82 Å². The second kappa shape index (κ2) is 3.18. The van der Waals surface area contributed by atoms with Crippen LogP contribution in [0.3, 0.4) is 0 Å². The molecule has 0 aliphatic carbocycles. The van der Waals surface area contributed by atoms with Crippen LogP contribution in [0.2, 0.25) is 0 Å². The van der Waals surface area contributed by atoms with Crippen molar-refractivity contribution >= 4 is 17.4 Å². The van der Waals surface area contributed by atoms with E-state index in [0.717, 1.165) is 23.2 Å². The number of anilines is 1. The fourth-order valence-corrected chi connectivity index (χ4v) is 1.83. The highest BCUT2D eigenvalue weighted by Gasteiger charge is 2.10. The third kappa shape index (κ3) is 1.31. The molecule has 3 N–H and O–H groups in total. The monoisotopic (exact) mass is 194 g/mol. The Labute approximate surface area is 80.0 Å². The van der Waals surface area contributed by atoms with Gasteiger partial charge in [-0.05, 0) is 18.0 Å². The second-order valence-corrected chi connectivity index (χ2v) is 3.39. The summed E-state index contributed by atoms with van der Waals surface area (Å²) in [7, 11) is 0. The second-order valence-electron chi connectivity index (χ2n) is 2.73. The Morgan fingerprint density at radius 3 is 3.08 bits per heavy atom. The molecule has 2 aromatic rings. The number of aromatic amines is 1. The molecule has 0 spiro atoms. The highest BCUT2D eigenvalue weighted by atomic mass is 32.1. The molecule has 0 saturated carbocycles. The summed E-state index contributed by atoms with van der Waals surface area (Å²) in [6, 6.07) is 0. The van der Waals surface area contributed by atoms with E-state index in [1.807, 2.05) is 11.6 Å². The van der Waals surface area contributed by atoms with Gasteiger partial charge in [0.2, 0.25) is 0 Å². The number of rotatable bonds is 2. The molecule has 0 unspecified atom stereocenters. The van der Waals surface area contributed by atoms with Crippen LogP contribution in [-0.4, -0.2) is 14.6 Å². The van der Waals surface area contributed by atoms with Crippen LogP contribution in [-0.2, 0) is 6.42 Å². The number of hydrogen-bond acceptors (Lipinski definition) is 4. The standard InChI is InChI=1S/C8H10N4S/c1-2-6-7(11-12-8(6)9)5-3-10-13-4-5/h3-4H,2H2,1H3,(H3,9,11,12). The maximum Gasteiger partial charge on any atom is 0.149 e. The molecule has 0 amide bonds. The molecule has 2 rings (SSSR count). The van der Waals surface area contributed by atoms with Gasteiger partial charge in [-0.1, -0.05) is 6.92 Å². The number of nitrogens with zero attached hydrogens (tertiary/aromatic N) is 2. The van der Waals surface area contributed by atoms with E-state index >= 15 is 0 Å². The van der Waals surface area contributed by atoms with Crippen molar-refractivity contribution in [2.24, 2.45) is 0 Å². The van der Waals surface area contributed by atoms with Gasteiger partial charge >= 0.3 is 0 Å². The lowest BCUT2D eigenvalue weighted by molar-refractivity contribution is 1.10. The van der Waals surface area contributed by atoms with Crippen LogP contribution >= 0.6 is 11.5 Å². The van der Waals surface area contributed by atoms with Crippen LogP contribution in [0.1, 0.15) is 12.5 Å². The molecule has 0 saturated heterocycles. The minimum atomic E-state index is 0.587. The number of aromatic nitrogens is 3. The summed E-state index contributed by atoms with van der Waals surface area (Å²) in [5.74, 6) is 0.587. The topological polar surface area (TPSA) is 67.6 Å². The molecule has 2 aromatic heterocycles. The van der Waals surface area contributed by atoms with Gasteiger partial charge < -0.3 is 5.73 Å². The Hall–Kier alpha value is -1.36. The zero-order valence-corrected chi connectivity index (χ0v) is 8.06. The average molecular weight is 194 g/mol. The van der Waals surface area contributed by atoms with Crippen molar-refractivity contribution in [2.75, 3.05) is 5.73 Å². The van der Waals surface area contributed by atoms with Crippen LogP contribution in [0.5, 0.6) is 0 Å². The maximum atomic E-state index is 5.70. The molecule has 5 heteroatoms. The Balaban J connectivity index is 2.52. The van der Waals surface area contributed by atoms with Gasteiger partial charge in [-0.2, -0.15) is 5.10 Å². The first kappa shape index (κ1) is 8.25. The summed E-state index contributed by atoms with van der Waals surface area (Å²) in [6.45, 7) is 2.06. The van der Waals surface area contributed by atoms with E-state index in [-0.39, 0.29) is 0 Å². The van der Waals surface area contributed by atoms with Gasteiger partial charge in [-0.15, -0.1) is 0 Å². The van der Waals surface area contributed by atoms with E-state index in [1.165, 1.54) is 11.5 Å². The summed E-state index contributed by atoms with van der Waals surface area (Å²) in [4.78, 5) is 0. The van der Waals surface area contributed by atoms with Crippen molar-refractivity contribution in [3.8, 4) is 11.3 Å². The van der Waals surface area contributed by atoms with Crippen molar-refractivity contribution in [2.45, 2.75) is 13.3 Å². The molecule has 13 heavy (non-hydrogen) atoms. The molecule has 0 radical (unpaired) electrons. The Morgan fingerprint density at radius 2 is 2.46 bits per heavy atom. The van der Waals surface area contributed by atoms with Crippen molar-refractivity contribution < 1.29 is 0 Å². The van der Waals surface area contributed by atoms with Gasteiger partial charge in [0, 0.05) is 16.5 Å². The van der Waals surface area contributed by atoms with Gasteiger partial charge in [0.05, 0.1) is 11.9 Å². The van der Waals surface area contributed by atoms with E-state index in [9.17, 15) is 0 Å². The summed E-state index contributed by atoms with van der Waals surface area (Å²) < 4.78 is 4.04. The van der Waals surface area contributed by atoms with E-state index in [2.05, 4.69) is 21.5 Å². The lowest BCUT2D eigenvalue weighted by Gasteiger charge is -1.96. The zero-order valence-electron chi connectivity index (χ0n) is 7.24. The fraction of sp³-hybridized carbons (Fsp3) is 0.250. The van der Waals surface area contributed by atoms with E-state index < -0.39 is 0 Å². The first-order valence-electron chi connectivity index (χ1n) is 4.05. The van der Waals surface area contributed by atoms with Crippen LogP contribution < -0.4 is 5.73 Å². The number of H-pyrrole nitrogens is 1. The SMILES string of the molecule is CCc1c(N)n[nH]c1-c1cnsc1. The number of nitrogens with one attached hydrogen (secondary N) is 1. The molecule has 4 nitrogen and oxygen atoms in total. The van der Waals surface area contributed by atoms with Gasteiger partial charge in [0.1, 0.15) is 5.82 Å². The number of nitrogens with two attached hydrogens (primary N) is 1. The third-order valence-electron chi connectivity index (χ3n) is 1.97. The average Bonchev–Trinajstić information content (AvgIpc) is 2.71. The molecule has 0 aliphatic heterocycles. The lowest BCUT2D eigenvalue weighted by Crippen LogP contribution is -1.90. The van der Waals surface area contributed by atoms with Gasteiger partial charge in [0.15, 0.2) is 0 Å². The quantitative estimate of drug-likeness (QED) is 0.764. The number of hydrogen-bond donors (Lipinski definition) is 2. The van der Waals surface area contributed by atoms with Gasteiger partial charge in [-0.3, -0.25) is 5.10 Å². The highest BCUT2D eigenvalue weighted by molar-refractivity contribution is 7.03. The van der Waals surface area contributed by atoms with E-state index in [4.69, 9.17) is 5.73 Å². The van der Waals surface area contributed by atoms with Gasteiger partial charge in [-0.25, -0.2) is 4.37 Å². The van der Waals surface area contributed by atoms with Crippen LogP contribution in [0.25, 0.3) is 11.3 Å². The third-order valence-corrected chi connectivity index (χ3v) is 2.56. The highest BCUT2D eigenvalue weighted by Crippen LogP contribution is 2.25. The molecular formula is C8H10N4S. The van der Waals surface area contributed by atoms with E-state index in [0.29, 0.717) is 5.82 Å². The predicted octanol–water partition coefficient (Wildman–Crippen LogP) is 1.68. The first-order chi connectivity index (χ1) is 6.33. The van der Waals surface area contributed by atoms with E-state index in [1.54, 1.807) is 0 Å². The number of nitrogen functional groups attached to an aromatic ring is 1. The van der Waals surface area contributed by atoms with Gasteiger partial charge in [0.25, 0.3) is 0 Å². The summed E-state index contributed by atoms with van der Waals surface area (Å²) >= 11 is 1.42. The molecule has 0 atom stereocenters. The van der Waals surface area contributed by atoms with Crippen molar-refractivity contribution in [3.05, 3.63) is 17.1 Å². The minimum absolute atomic E-state index is 0.587. The van der Waals surface area contributed by atoms with Crippen LogP contribution in [0, 0.1) is 0 Å². The molecule has 0 aliphatic rings. The Kier molecular flexibility index (Phi) is 2.02. The van der Waals surface area contributed by atoms with Crippen molar-refractivity contribution in [1.82, 2.24) is 14.6 Å². The Bertz CT molecular complexity index is 390. The first-order valence-corrected chi connectivity index (χ1v) is 4.89. The maximum absolute atomic E-state index is 5.70. The van der Waals surface area contributed by atoms with Crippen molar-refractivity contribution in [3.63, 3.8) is 0 Å². The smallest absolute Gasteiger partial charge is 0.149 e. The molecular weight excluding hydrogens is 184 g/mol. The summed E-state index contributed by atoms with van der Waals surface area (Å²) in [5.41, 5.74) is 8.82. The van der Waals surface area contributed by atoms with Crippen molar-refractivity contribution in [1.29, 1.82) is 0 Å². The lowest BCUT2D eigenvalue weighted by atomic mass is 10.1. The molecule has 2 heterocycles. The molecule has 0 aromatic carbocycles. The summed E-state index contributed by atoms with van der Waals surface area (Å²) in [5, 5.41) is 8.87. The normalized spacial score (nSPS) is 10.5. The Morgan fingerprint density at radius 1 is 1.62 bits per heavy atom. The molecule has 0 fully saturated rings. The zero-order chi connectivity index (χ0) is 9.26.